The summed E-state index contributed by atoms with van der Waals surface area (Å²) in [5.41, 5.74) is 7.61. The molecule has 0 bridgehead atoms. The summed E-state index contributed by atoms with van der Waals surface area (Å²) >= 11 is 0. The van der Waals surface area contributed by atoms with Crippen LogP contribution in [0.5, 0.6) is 0 Å². The van der Waals surface area contributed by atoms with Crippen LogP contribution in [0.2, 0.25) is 0 Å². The van der Waals surface area contributed by atoms with E-state index >= 15 is 0 Å². The quantitative estimate of drug-likeness (QED) is 0.234. The largest absolute Gasteiger partial charge is 0.311 e. The molecule has 196 valence electrons. The van der Waals surface area contributed by atoms with Gasteiger partial charge in [0.15, 0.2) is 0 Å². The van der Waals surface area contributed by atoms with Gasteiger partial charge in [0, 0.05) is 17.1 Å². The smallest absolute Gasteiger partial charge is 0.0971 e. The summed E-state index contributed by atoms with van der Waals surface area (Å²) in [4.78, 5) is 4.45. The Labute approximate surface area is 237 Å². The molecule has 1 aliphatic rings. The van der Waals surface area contributed by atoms with Crippen molar-refractivity contribution in [2.75, 3.05) is 18.0 Å². The maximum absolute atomic E-state index is 10.5. The number of hydrogen-bond donors (Lipinski definition) is 0. The number of likely N-dealkylation sites (N-methyl/N-ethyl adjacent to an activating group) is 1. The topological polar surface area (TPSA) is 54.1 Å². The van der Waals surface area contributed by atoms with Crippen LogP contribution in [0.3, 0.4) is 0 Å². The maximum atomic E-state index is 10.5. The molecule has 0 radical (unpaired) electrons. The van der Waals surface area contributed by atoms with Crippen LogP contribution in [0.25, 0.3) is 11.1 Å². The van der Waals surface area contributed by atoms with Gasteiger partial charge in [-0.1, -0.05) is 92.7 Å². The summed E-state index contributed by atoms with van der Waals surface area (Å²) in [5, 5.41) is 20.8. The Balaban J connectivity index is 1.64. The van der Waals surface area contributed by atoms with E-state index in [4.69, 9.17) is 0 Å². The first-order chi connectivity index (χ1) is 19.7. The predicted octanol–water partition coefficient (Wildman–Crippen LogP) is 8.38. The maximum Gasteiger partial charge on any atom is 0.0971 e. The molecule has 5 rings (SSSR count). The number of anilines is 3. The van der Waals surface area contributed by atoms with E-state index in [-0.39, 0.29) is 6.04 Å². The molecule has 4 aromatic rings. The number of nitrogens with zero attached hydrogens (tertiary/aromatic N) is 4. The van der Waals surface area contributed by atoms with Crippen molar-refractivity contribution in [3.63, 3.8) is 0 Å². The van der Waals surface area contributed by atoms with Gasteiger partial charge in [-0.2, -0.15) is 10.5 Å². The summed E-state index contributed by atoms with van der Waals surface area (Å²) < 4.78 is 0. The zero-order valence-corrected chi connectivity index (χ0v) is 22.9. The molecule has 0 saturated carbocycles. The molecule has 0 N–H and O–H groups in total. The molecule has 4 nitrogen and oxygen atoms in total. The van der Waals surface area contributed by atoms with E-state index in [9.17, 15) is 10.5 Å². The molecule has 4 aromatic carbocycles. The van der Waals surface area contributed by atoms with E-state index in [1.807, 2.05) is 66.7 Å². The standard InChI is InChI=1S/C36H32N4/c1-3-39(4-2)36-34(25-37)32(27-14-8-5-9-15-27)24-33(35(36)26-38)28-20-22-31(23-21-28)40(29-16-10-6-11-17-29)30-18-12-7-13-19-30/h5-24,34,36H,3-4H2,1-2H3. The van der Waals surface area contributed by atoms with E-state index in [1.165, 1.54) is 0 Å². The second-order valence-electron chi connectivity index (χ2n) is 9.73. The van der Waals surface area contributed by atoms with Crippen molar-refractivity contribution >= 4 is 28.2 Å². The lowest BCUT2D eigenvalue weighted by Crippen LogP contribution is -2.43. The Hall–Kier alpha value is -4.90. The zero-order chi connectivity index (χ0) is 27.9. The number of allylic oxidation sites excluding steroid dienone is 2. The first kappa shape index (κ1) is 26.7. The third-order valence-corrected chi connectivity index (χ3v) is 7.57. The van der Waals surface area contributed by atoms with Crippen LogP contribution in [0.1, 0.15) is 25.0 Å². The summed E-state index contributed by atoms with van der Waals surface area (Å²) in [6.45, 7) is 5.68. The van der Waals surface area contributed by atoms with Crippen molar-refractivity contribution in [2.24, 2.45) is 5.92 Å². The fourth-order valence-electron chi connectivity index (χ4n) is 5.62. The van der Waals surface area contributed by atoms with Gasteiger partial charge in [-0.15, -0.1) is 0 Å². The lowest BCUT2D eigenvalue weighted by Gasteiger charge is -2.37. The highest BCUT2D eigenvalue weighted by Crippen LogP contribution is 2.42. The highest BCUT2D eigenvalue weighted by Gasteiger charge is 2.37. The van der Waals surface area contributed by atoms with Crippen molar-refractivity contribution < 1.29 is 0 Å². The van der Waals surface area contributed by atoms with Gasteiger partial charge >= 0.3 is 0 Å². The van der Waals surface area contributed by atoms with Crippen LogP contribution in [0.15, 0.2) is 127 Å². The molecule has 0 fully saturated rings. The molecule has 0 aromatic heterocycles. The van der Waals surface area contributed by atoms with Crippen molar-refractivity contribution in [1.29, 1.82) is 10.5 Å². The van der Waals surface area contributed by atoms with E-state index in [0.717, 1.165) is 52.4 Å². The number of rotatable bonds is 8. The number of hydrogen-bond acceptors (Lipinski definition) is 4. The van der Waals surface area contributed by atoms with Crippen molar-refractivity contribution in [2.45, 2.75) is 19.9 Å². The van der Waals surface area contributed by atoms with Crippen LogP contribution in [-0.2, 0) is 0 Å². The fourth-order valence-corrected chi connectivity index (χ4v) is 5.62. The highest BCUT2D eigenvalue weighted by atomic mass is 15.2. The summed E-state index contributed by atoms with van der Waals surface area (Å²) in [6.07, 6.45) is 2.06. The van der Waals surface area contributed by atoms with Gasteiger partial charge in [-0.3, -0.25) is 4.90 Å². The molecule has 0 heterocycles. The average Bonchev–Trinajstić information content (AvgIpc) is 3.03. The first-order valence-electron chi connectivity index (χ1n) is 13.8. The Kier molecular flexibility index (Phi) is 8.21. The third-order valence-electron chi connectivity index (χ3n) is 7.57. The van der Waals surface area contributed by atoms with Gasteiger partial charge in [0.1, 0.15) is 0 Å². The average molecular weight is 521 g/mol. The number of nitriles is 2. The van der Waals surface area contributed by atoms with Crippen LogP contribution >= 0.6 is 0 Å². The fraction of sp³-hybridized carbons (Fsp3) is 0.167. The summed E-state index contributed by atoms with van der Waals surface area (Å²) in [7, 11) is 0. The molecule has 1 aliphatic carbocycles. The van der Waals surface area contributed by atoms with Gasteiger partial charge < -0.3 is 4.90 Å². The second kappa shape index (κ2) is 12.3. The molecular weight excluding hydrogens is 488 g/mol. The minimum Gasteiger partial charge on any atom is -0.311 e. The Bertz CT molecular complexity index is 1530. The molecule has 40 heavy (non-hydrogen) atoms. The molecule has 2 atom stereocenters. The summed E-state index contributed by atoms with van der Waals surface area (Å²) in [6, 6.07) is 43.8. The normalized spacial score (nSPS) is 16.7. The van der Waals surface area contributed by atoms with Crippen molar-refractivity contribution in [3.8, 4) is 12.1 Å². The lowest BCUT2D eigenvalue weighted by molar-refractivity contribution is 0.229. The predicted molar refractivity (Wildman–Crippen MR) is 164 cm³/mol. The second-order valence-corrected chi connectivity index (χ2v) is 9.73. The van der Waals surface area contributed by atoms with Gasteiger partial charge in [-0.25, -0.2) is 0 Å². The molecule has 2 unspecified atom stereocenters. The van der Waals surface area contributed by atoms with Crippen molar-refractivity contribution in [3.05, 3.63) is 138 Å². The van der Waals surface area contributed by atoms with E-state index < -0.39 is 5.92 Å². The Morgan fingerprint density at radius 2 is 1.12 bits per heavy atom. The first-order valence-corrected chi connectivity index (χ1v) is 13.8. The lowest BCUT2D eigenvalue weighted by atomic mass is 9.75. The minimum absolute atomic E-state index is 0.315. The molecule has 0 spiro atoms. The zero-order valence-electron chi connectivity index (χ0n) is 22.9. The van der Waals surface area contributed by atoms with Gasteiger partial charge in [0.05, 0.1) is 29.7 Å². The SMILES string of the molecule is CCN(CC)C1C(C#N)=C(c2ccc(N(c3ccccc3)c3ccccc3)cc2)C=C(c2ccccc2)C1C#N. The Morgan fingerprint density at radius 1 is 0.625 bits per heavy atom. The van der Waals surface area contributed by atoms with Crippen LogP contribution in [0, 0.1) is 28.6 Å². The minimum atomic E-state index is -0.438. The number of para-hydroxylation sites is 2. The molecule has 0 aliphatic heterocycles. The van der Waals surface area contributed by atoms with Gasteiger partial charge in [0.25, 0.3) is 0 Å². The summed E-state index contributed by atoms with van der Waals surface area (Å²) in [5.74, 6) is -0.438. The van der Waals surface area contributed by atoms with Crippen LogP contribution < -0.4 is 4.90 Å². The molecular formula is C36H32N4. The van der Waals surface area contributed by atoms with E-state index in [0.29, 0.717) is 5.57 Å². The third kappa shape index (κ3) is 5.19. The molecule has 0 amide bonds. The molecule has 0 saturated heterocycles. The van der Waals surface area contributed by atoms with Crippen LogP contribution in [-0.4, -0.2) is 24.0 Å². The highest BCUT2D eigenvalue weighted by molar-refractivity contribution is 5.92. The van der Waals surface area contributed by atoms with E-state index in [1.54, 1.807) is 0 Å². The number of benzene rings is 4. The Morgan fingerprint density at radius 3 is 1.60 bits per heavy atom. The monoisotopic (exact) mass is 520 g/mol. The van der Waals surface area contributed by atoms with E-state index in [2.05, 4.69) is 90.4 Å². The van der Waals surface area contributed by atoms with Crippen molar-refractivity contribution in [1.82, 2.24) is 4.90 Å². The van der Waals surface area contributed by atoms with Crippen LogP contribution in [0.4, 0.5) is 17.1 Å². The molecule has 4 heteroatoms. The van der Waals surface area contributed by atoms with Gasteiger partial charge in [0.2, 0.25) is 0 Å². The van der Waals surface area contributed by atoms with Gasteiger partial charge in [-0.05, 0) is 77.8 Å².